The number of halogens is 4. The van der Waals surface area contributed by atoms with Crippen LogP contribution in [0.15, 0.2) is 73.1 Å². The van der Waals surface area contributed by atoms with Crippen LogP contribution in [0.5, 0.6) is 0 Å². The van der Waals surface area contributed by atoms with E-state index in [0.29, 0.717) is 0 Å². The van der Waals surface area contributed by atoms with Gasteiger partial charge in [-0.05, 0) is 46.3 Å². The summed E-state index contributed by atoms with van der Waals surface area (Å²) >= 11 is 2.94. The number of aliphatic carboxylic acids is 1. The Morgan fingerprint density at radius 3 is 2.47 bits per heavy atom. The van der Waals surface area contributed by atoms with Gasteiger partial charge in [-0.3, -0.25) is 0 Å². The molecule has 0 amide bonds. The lowest BCUT2D eigenvalue weighted by Crippen LogP contribution is -2.17. The lowest BCUT2D eigenvalue weighted by Gasteiger charge is -2.10. The summed E-state index contributed by atoms with van der Waals surface area (Å²) in [6.45, 7) is 0. The summed E-state index contributed by atoms with van der Waals surface area (Å²) in [7, 11) is -3.55. The molecular formula is C20H14BrF3N4O5S. The van der Waals surface area contributed by atoms with Crippen LogP contribution in [0.1, 0.15) is 11.4 Å². The Morgan fingerprint density at radius 1 is 1.18 bits per heavy atom. The van der Waals surface area contributed by atoms with E-state index < -0.39 is 54.9 Å². The van der Waals surface area contributed by atoms with Crippen LogP contribution < -0.4 is 5.73 Å². The smallest absolute Gasteiger partial charge is 0.418 e. The molecule has 34 heavy (non-hydrogen) atoms. The molecule has 0 spiro atoms. The number of hydrogen-bond donors (Lipinski definition) is 2. The Labute approximate surface area is 198 Å². The highest BCUT2D eigenvalue weighted by Gasteiger charge is 2.34. The second-order valence-electron chi connectivity index (χ2n) is 6.73. The van der Waals surface area contributed by atoms with Gasteiger partial charge in [-0.15, -0.1) is 0 Å². The second-order valence-corrected chi connectivity index (χ2v) is 9.54. The number of para-hydroxylation sites is 1. The Morgan fingerprint density at radius 2 is 1.85 bits per heavy atom. The number of carbonyl (C=O) groups is 1. The van der Waals surface area contributed by atoms with Crippen molar-refractivity contribution >= 4 is 43.1 Å². The van der Waals surface area contributed by atoms with Crippen molar-refractivity contribution in [3.05, 3.63) is 70.1 Å². The first kappa shape index (κ1) is 25.1. The molecule has 9 nitrogen and oxygen atoms in total. The number of alkyl halides is 3. The van der Waals surface area contributed by atoms with Crippen molar-refractivity contribution in [1.82, 2.24) is 10.1 Å². The molecule has 3 aromatic rings. The first-order chi connectivity index (χ1) is 15.8. The van der Waals surface area contributed by atoms with Crippen LogP contribution >= 0.6 is 15.9 Å². The molecule has 0 saturated heterocycles. The van der Waals surface area contributed by atoms with E-state index in [2.05, 4.69) is 31.1 Å². The molecule has 3 N–H and O–H groups in total. The summed E-state index contributed by atoms with van der Waals surface area (Å²) in [5.74, 6) is -2.16. The predicted octanol–water partition coefficient (Wildman–Crippen LogP) is 3.93. The normalized spacial score (nSPS) is 13.5. The third kappa shape index (κ3) is 5.51. The zero-order chi connectivity index (χ0) is 25.3. The molecule has 0 radical (unpaired) electrons. The van der Waals surface area contributed by atoms with Gasteiger partial charge in [0.25, 0.3) is 5.89 Å². The minimum atomic E-state index is -4.76. The molecular weight excluding hydrogens is 545 g/mol. The first-order valence-electron chi connectivity index (χ1n) is 9.07. The summed E-state index contributed by atoms with van der Waals surface area (Å²) in [5.41, 5.74) is 2.87. The third-order valence-corrected chi connectivity index (χ3v) is 6.18. The molecule has 0 saturated carbocycles. The molecule has 0 bridgehead atoms. The minimum Gasteiger partial charge on any atom is -0.477 e. The number of allylic oxidation sites excluding steroid dienone is 1. The molecule has 1 heterocycles. The van der Waals surface area contributed by atoms with E-state index >= 15 is 0 Å². The maximum absolute atomic E-state index is 13.4. The number of aliphatic imine (C=N–C) groups is 1. The number of hydrogen-bond acceptors (Lipinski definition) is 8. The van der Waals surface area contributed by atoms with Crippen molar-refractivity contribution in [2.75, 3.05) is 6.26 Å². The van der Waals surface area contributed by atoms with Gasteiger partial charge in [-0.1, -0.05) is 23.4 Å². The lowest BCUT2D eigenvalue weighted by atomic mass is 10.1. The summed E-state index contributed by atoms with van der Waals surface area (Å²) in [6.07, 6.45) is -3.75. The fourth-order valence-corrected chi connectivity index (χ4v) is 3.75. The fourth-order valence-electron chi connectivity index (χ4n) is 2.65. The Hall–Kier alpha value is -3.52. The molecule has 0 unspecified atom stereocenters. The van der Waals surface area contributed by atoms with E-state index in [9.17, 15) is 31.5 Å². The highest BCUT2D eigenvalue weighted by atomic mass is 79.9. The number of carboxylic acid groups (broad SMARTS) is 1. The number of nitrogens with two attached hydrogens (primary N) is 1. The average molecular weight is 559 g/mol. The largest absolute Gasteiger partial charge is 0.477 e. The van der Waals surface area contributed by atoms with Crippen molar-refractivity contribution in [2.24, 2.45) is 10.7 Å². The number of nitrogens with zero attached hydrogens (tertiary/aromatic N) is 3. The van der Waals surface area contributed by atoms with E-state index in [1.54, 1.807) is 0 Å². The van der Waals surface area contributed by atoms with E-state index in [1.807, 2.05) is 0 Å². The quantitative estimate of drug-likeness (QED) is 0.341. The number of carboxylic acids is 1. The average Bonchev–Trinajstić information content (AvgIpc) is 3.25. The van der Waals surface area contributed by atoms with E-state index in [0.717, 1.165) is 18.4 Å². The van der Waals surface area contributed by atoms with Crippen LogP contribution in [0.25, 0.3) is 11.5 Å². The van der Waals surface area contributed by atoms with E-state index in [1.165, 1.54) is 36.4 Å². The summed E-state index contributed by atoms with van der Waals surface area (Å²) in [5, 5.41) is 12.9. The molecule has 1 aromatic heterocycles. The zero-order valence-electron chi connectivity index (χ0n) is 17.0. The monoisotopic (exact) mass is 558 g/mol. The number of benzene rings is 2. The fraction of sp³-hybridized carbons (Fsp3) is 0.100. The maximum atomic E-state index is 13.4. The van der Waals surface area contributed by atoms with Crippen LogP contribution in [-0.4, -0.2) is 41.6 Å². The topological polar surface area (TPSA) is 149 Å². The molecule has 0 aliphatic rings. The molecule has 0 aliphatic carbocycles. The van der Waals surface area contributed by atoms with Gasteiger partial charge in [0.1, 0.15) is 11.4 Å². The Kier molecular flexibility index (Phi) is 6.93. The third-order valence-electron chi connectivity index (χ3n) is 4.26. The molecule has 0 atom stereocenters. The highest BCUT2D eigenvalue weighted by molar-refractivity contribution is 9.12. The molecule has 0 aliphatic heterocycles. The summed E-state index contributed by atoms with van der Waals surface area (Å²) < 4.78 is 68.7. The molecule has 178 valence electrons. The van der Waals surface area contributed by atoms with E-state index in [4.69, 9.17) is 10.3 Å². The molecule has 3 rings (SSSR count). The first-order valence-corrected chi connectivity index (χ1v) is 11.8. The SMILES string of the molecule is CS(=O)(=O)c1cccc(-c2nc(C(=Nc3ccccc3C(F)(F)F)C(Br)=C(N)C(=O)O)no2)c1. The summed E-state index contributed by atoms with van der Waals surface area (Å²) in [6, 6.07) is 9.86. The predicted molar refractivity (Wildman–Crippen MR) is 118 cm³/mol. The van der Waals surface area contributed by atoms with Crippen LogP contribution in [0.3, 0.4) is 0 Å². The van der Waals surface area contributed by atoms with Gasteiger partial charge in [0.2, 0.25) is 5.82 Å². The van der Waals surface area contributed by atoms with Crippen LogP contribution in [0.2, 0.25) is 0 Å². The van der Waals surface area contributed by atoms with Gasteiger partial charge in [0.05, 0.1) is 20.6 Å². The van der Waals surface area contributed by atoms with Crippen molar-refractivity contribution in [3.63, 3.8) is 0 Å². The van der Waals surface area contributed by atoms with Crippen molar-refractivity contribution in [1.29, 1.82) is 0 Å². The van der Waals surface area contributed by atoms with Gasteiger partial charge >= 0.3 is 12.1 Å². The van der Waals surface area contributed by atoms with Gasteiger partial charge in [-0.25, -0.2) is 18.2 Å². The molecule has 14 heteroatoms. The Bertz CT molecular complexity index is 1430. The van der Waals surface area contributed by atoms with Crippen molar-refractivity contribution in [3.8, 4) is 11.5 Å². The number of aromatic nitrogens is 2. The van der Waals surface area contributed by atoms with Gasteiger partial charge in [0.15, 0.2) is 9.84 Å². The van der Waals surface area contributed by atoms with Crippen molar-refractivity contribution < 1.29 is 36.0 Å². The lowest BCUT2D eigenvalue weighted by molar-refractivity contribution is -0.137. The Balaban J connectivity index is 2.20. The van der Waals surface area contributed by atoms with Gasteiger partial charge in [0, 0.05) is 11.8 Å². The zero-order valence-corrected chi connectivity index (χ0v) is 19.4. The molecule has 2 aromatic carbocycles. The maximum Gasteiger partial charge on any atom is 0.418 e. The number of sulfone groups is 1. The number of rotatable bonds is 6. The second kappa shape index (κ2) is 9.38. The van der Waals surface area contributed by atoms with Gasteiger partial charge in [-0.2, -0.15) is 18.2 Å². The van der Waals surface area contributed by atoms with Crippen LogP contribution in [-0.2, 0) is 20.8 Å². The minimum absolute atomic E-state index is 0.0334. The highest BCUT2D eigenvalue weighted by Crippen LogP contribution is 2.37. The molecule has 0 fully saturated rings. The standard InChI is InChI=1S/C20H14BrF3N4O5S/c1-34(31,32)11-6-4-5-10(9-11)18-27-17(28-33-18)16(14(21)15(25)19(29)30)26-13-8-3-2-7-12(13)20(22,23)24/h2-9H,25H2,1H3,(H,29,30). The van der Waals surface area contributed by atoms with Crippen molar-refractivity contribution in [2.45, 2.75) is 11.1 Å². The van der Waals surface area contributed by atoms with E-state index in [-0.39, 0.29) is 16.3 Å². The van der Waals surface area contributed by atoms with Crippen LogP contribution in [0.4, 0.5) is 18.9 Å². The van der Waals surface area contributed by atoms with Crippen LogP contribution in [0, 0.1) is 0 Å². The summed E-state index contributed by atoms with van der Waals surface area (Å²) in [4.78, 5) is 19.3. The van der Waals surface area contributed by atoms with Gasteiger partial charge < -0.3 is 15.4 Å².